The molecule has 0 radical (unpaired) electrons. The number of carbonyl (C=O) groups excluding carboxylic acids is 4. The van der Waals surface area contributed by atoms with Crippen LogP contribution in [0.2, 0.25) is 0 Å². The van der Waals surface area contributed by atoms with Crippen LogP contribution in [0.25, 0.3) is 0 Å². The van der Waals surface area contributed by atoms with Gasteiger partial charge in [-0.25, -0.2) is 9.18 Å². The van der Waals surface area contributed by atoms with Crippen LogP contribution in [0.1, 0.15) is 121 Å². The Morgan fingerprint density at radius 1 is 0.969 bits per heavy atom. The van der Waals surface area contributed by atoms with E-state index < -0.39 is 117 Å². The number of methoxy groups -OCH3 is 1. The largest absolute Gasteiger partial charge is 0.466 e. The molecule has 0 amide bonds. The standard InChI is InChI=1S/C49H79FN2O13/c1-12-37-47(10,62)41(58)31(6)52(26-27(2)24-46(9,61)40(57)29(4)39(56)30(5)42(59)64-37)21-13-19-51-20-17-38(55)65-49(43(60)63-11)28(3)22-35-34-15-14-32-23-33(53)16-18-44(32,7)48(34,50)36(54)25-45(35,49)8/h16,18,23,27-31,34-37,39-41,51,54,56-58,61-62H,12-15,17,19-22,24-26H2,1-11H3/t27-,28-,29+,30-,31-,34?,35?,36+,37-,39+,40-,41-,44+,45+,46-,47-,48+,49+/m1/s1. The molecule has 18 atom stereocenters. The monoisotopic (exact) mass is 923 g/mol. The zero-order chi connectivity index (χ0) is 48.8. The molecule has 0 bridgehead atoms. The van der Waals surface area contributed by atoms with Crippen LogP contribution in [0.15, 0.2) is 23.8 Å². The first-order valence-electron chi connectivity index (χ1n) is 23.9. The van der Waals surface area contributed by atoms with Crippen molar-refractivity contribution < 1.29 is 68.4 Å². The van der Waals surface area contributed by atoms with E-state index in [0.29, 0.717) is 50.9 Å². The van der Waals surface area contributed by atoms with Gasteiger partial charge in [-0.1, -0.05) is 46.3 Å². The number of nitrogens with one attached hydrogen (secondary N) is 1. The Balaban J connectivity index is 1.26. The lowest BCUT2D eigenvalue weighted by Gasteiger charge is -2.62. The number of hydrogen-bond acceptors (Lipinski definition) is 15. The van der Waals surface area contributed by atoms with Crippen LogP contribution in [-0.2, 0) is 33.4 Å². The summed E-state index contributed by atoms with van der Waals surface area (Å²) < 4.78 is 35.1. The first-order valence-corrected chi connectivity index (χ1v) is 23.9. The number of fused-ring (bicyclic) bond motifs is 5. The summed E-state index contributed by atoms with van der Waals surface area (Å²) >= 11 is 0. The molecule has 0 aromatic rings. The van der Waals surface area contributed by atoms with Gasteiger partial charge in [0.2, 0.25) is 5.60 Å². The lowest BCUT2D eigenvalue weighted by Crippen LogP contribution is -2.70. The zero-order valence-corrected chi connectivity index (χ0v) is 40.5. The molecule has 5 aliphatic rings. The van der Waals surface area contributed by atoms with Crippen molar-refractivity contribution in [2.45, 2.75) is 180 Å². The number of nitrogens with zero attached hydrogens (tertiary/aromatic N) is 1. The van der Waals surface area contributed by atoms with Crippen molar-refractivity contribution in [2.75, 3.05) is 33.3 Å². The highest BCUT2D eigenvalue weighted by Gasteiger charge is 2.78. The van der Waals surface area contributed by atoms with Crippen molar-refractivity contribution >= 4 is 23.7 Å². The molecule has 15 nitrogen and oxygen atoms in total. The molecular weight excluding hydrogens is 844 g/mol. The average Bonchev–Trinajstić information content (AvgIpc) is 3.46. The Morgan fingerprint density at radius 2 is 1.63 bits per heavy atom. The van der Waals surface area contributed by atoms with Crippen LogP contribution in [0.5, 0.6) is 0 Å². The summed E-state index contributed by atoms with van der Waals surface area (Å²) in [6.45, 7) is 17.9. The van der Waals surface area contributed by atoms with Crippen molar-refractivity contribution in [1.82, 2.24) is 10.2 Å². The molecule has 5 rings (SSSR count). The van der Waals surface area contributed by atoms with Gasteiger partial charge in [-0.3, -0.25) is 19.3 Å². The van der Waals surface area contributed by atoms with Crippen molar-refractivity contribution in [3.63, 3.8) is 0 Å². The maximum atomic E-state index is 17.8. The number of aliphatic hydroxyl groups excluding tert-OH is 4. The number of ether oxygens (including phenoxy) is 3. The molecular formula is C49H79FN2O13. The predicted molar refractivity (Wildman–Crippen MR) is 238 cm³/mol. The zero-order valence-electron chi connectivity index (χ0n) is 40.5. The first-order chi connectivity index (χ1) is 30.1. The van der Waals surface area contributed by atoms with Gasteiger partial charge >= 0.3 is 17.9 Å². The van der Waals surface area contributed by atoms with Crippen molar-refractivity contribution in [3.8, 4) is 0 Å². The van der Waals surface area contributed by atoms with Crippen molar-refractivity contribution in [3.05, 3.63) is 23.8 Å². The maximum Gasteiger partial charge on any atom is 0.351 e. The van der Waals surface area contributed by atoms with E-state index in [1.165, 1.54) is 40.0 Å². The Bertz CT molecular complexity index is 1820. The number of aliphatic hydroxyl groups is 6. The van der Waals surface area contributed by atoms with E-state index in [9.17, 15) is 49.8 Å². The fourth-order valence-electron chi connectivity index (χ4n) is 13.2. The summed E-state index contributed by atoms with van der Waals surface area (Å²) in [5.41, 5.74) is -9.19. The quantitative estimate of drug-likeness (QED) is 0.0947. The van der Waals surface area contributed by atoms with Crippen LogP contribution in [-0.4, -0.2) is 152 Å². The third-order valence-corrected chi connectivity index (χ3v) is 17.0. The summed E-state index contributed by atoms with van der Waals surface area (Å²) in [5.74, 6) is -6.38. The normalized spacial score (nSPS) is 46.4. The van der Waals surface area contributed by atoms with E-state index in [0.717, 1.165) is 0 Å². The molecule has 1 aliphatic heterocycles. The van der Waals surface area contributed by atoms with E-state index in [2.05, 4.69) is 5.32 Å². The van der Waals surface area contributed by atoms with Crippen molar-refractivity contribution in [2.24, 2.45) is 46.3 Å². The molecule has 1 saturated heterocycles. The van der Waals surface area contributed by atoms with E-state index in [4.69, 9.17) is 14.2 Å². The third-order valence-electron chi connectivity index (χ3n) is 17.0. The minimum absolute atomic E-state index is 0.116. The van der Waals surface area contributed by atoms with Crippen molar-refractivity contribution in [1.29, 1.82) is 0 Å². The van der Waals surface area contributed by atoms with Crippen LogP contribution in [0.3, 0.4) is 0 Å². The first kappa shape index (κ1) is 53.1. The topological polar surface area (TPSA) is 233 Å². The van der Waals surface area contributed by atoms with Crippen LogP contribution >= 0.6 is 0 Å². The molecule has 7 N–H and O–H groups in total. The molecule has 0 aromatic carbocycles. The fraction of sp³-hybridized carbons (Fsp3) is 0.837. The number of esters is 3. The summed E-state index contributed by atoms with van der Waals surface area (Å²) in [7, 11) is 1.22. The van der Waals surface area contributed by atoms with Gasteiger partial charge in [0.05, 0.1) is 43.4 Å². The second-order valence-electron chi connectivity index (χ2n) is 21.4. The van der Waals surface area contributed by atoms with Gasteiger partial charge in [0.25, 0.3) is 0 Å². The molecule has 4 aliphatic carbocycles. The molecule has 16 heteroatoms. The molecule has 65 heavy (non-hydrogen) atoms. The number of carbonyl (C=O) groups is 4. The molecule has 0 spiro atoms. The molecule has 2 unspecified atom stereocenters. The van der Waals surface area contributed by atoms with Gasteiger partial charge in [-0.15, -0.1) is 0 Å². The maximum absolute atomic E-state index is 17.8. The smallest absolute Gasteiger partial charge is 0.351 e. The van der Waals surface area contributed by atoms with Gasteiger partial charge < -0.3 is 50.2 Å². The Morgan fingerprint density at radius 3 is 2.26 bits per heavy atom. The van der Waals surface area contributed by atoms with E-state index in [-0.39, 0.29) is 43.9 Å². The number of cyclic esters (lactones) is 1. The second kappa shape index (κ2) is 19.6. The lowest BCUT2D eigenvalue weighted by molar-refractivity contribution is -0.235. The number of hydrogen-bond donors (Lipinski definition) is 7. The highest BCUT2D eigenvalue weighted by atomic mass is 19.1. The SMILES string of the molecule is CC[C@H]1OC(=O)[C@H](C)[C@@H](O)[C@H](C)[C@@H](O)[C@](C)(O)C[C@@H](C)CN(CCCNCCC(=O)O[C@]2(C(=O)OC)[C@H](C)CC3C4CCC5=CC(=O)C=C[C@]5(C)[C@@]4(F)[C@@H](O)C[C@@]32C)[C@H](C)[C@@H](O)[C@]1(C)O. The minimum Gasteiger partial charge on any atom is -0.466 e. The Kier molecular flexibility index (Phi) is 16.1. The van der Waals surface area contributed by atoms with Crippen LogP contribution < -0.4 is 5.32 Å². The van der Waals surface area contributed by atoms with Gasteiger partial charge in [-0.05, 0) is 117 Å². The fourth-order valence-corrected chi connectivity index (χ4v) is 13.2. The average molecular weight is 923 g/mol. The summed E-state index contributed by atoms with van der Waals surface area (Å²) in [6.07, 6.45) is -0.714. The number of ketones is 1. The third kappa shape index (κ3) is 9.25. The highest BCUT2D eigenvalue weighted by Crippen LogP contribution is 2.71. The van der Waals surface area contributed by atoms with Crippen LogP contribution in [0, 0.1) is 46.3 Å². The Labute approximate surface area is 384 Å². The summed E-state index contributed by atoms with van der Waals surface area (Å²) in [4.78, 5) is 55.2. The molecule has 0 aromatic heterocycles. The van der Waals surface area contributed by atoms with E-state index >= 15 is 4.39 Å². The Hall–Kier alpha value is -2.83. The summed E-state index contributed by atoms with van der Waals surface area (Å²) in [6, 6.07) is -0.676. The van der Waals surface area contributed by atoms with Gasteiger partial charge in [-0.2, -0.15) is 0 Å². The molecule has 1 heterocycles. The number of rotatable bonds is 10. The van der Waals surface area contributed by atoms with E-state index in [1.807, 2.05) is 11.8 Å². The van der Waals surface area contributed by atoms with Gasteiger partial charge in [0.15, 0.2) is 11.5 Å². The van der Waals surface area contributed by atoms with Gasteiger partial charge in [0.1, 0.15) is 17.8 Å². The molecule has 4 fully saturated rings. The minimum atomic E-state index is -2.12. The summed E-state index contributed by atoms with van der Waals surface area (Å²) in [5, 5.41) is 72.3. The highest BCUT2D eigenvalue weighted by molar-refractivity contribution is 6.01. The predicted octanol–water partition coefficient (Wildman–Crippen LogP) is 3.34. The van der Waals surface area contributed by atoms with E-state index in [1.54, 1.807) is 47.6 Å². The molecule has 370 valence electrons. The number of alkyl halides is 1. The molecule has 3 saturated carbocycles. The number of allylic oxidation sites excluding steroid dienone is 4. The van der Waals surface area contributed by atoms with Gasteiger partial charge in [0, 0.05) is 47.7 Å². The number of halogens is 1. The lowest BCUT2D eigenvalue weighted by atomic mass is 9.44. The second-order valence-corrected chi connectivity index (χ2v) is 21.4. The van der Waals surface area contributed by atoms with Crippen LogP contribution in [0.4, 0.5) is 4.39 Å².